The van der Waals surface area contributed by atoms with Crippen molar-refractivity contribution < 1.29 is 0 Å². The van der Waals surface area contributed by atoms with Crippen molar-refractivity contribution in [1.29, 1.82) is 0 Å². The molecule has 13 heavy (non-hydrogen) atoms. The van der Waals surface area contributed by atoms with Crippen LogP contribution in [0, 0.1) is 6.92 Å². The van der Waals surface area contributed by atoms with Crippen LogP contribution in [0.2, 0.25) is 0 Å². The largest absolute Gasteiger partial charge is 0.376 e. The van der Waals surface area contributed by atoms with Gasteiger partial charge in [-0.1, -0.05) is 12.1 Å². The standard InChI is InChI=1S/C11H17N2/c1-9-7-6-8-10(12(2)3)11(9)13(4)5/h6-8H,1H2,2-5H3. The molecule has 0 amide bonds. The zero-order valence-electron chi connectivity index (χ0n) is 8.83. The summed E-state index contributed by atoms with van der Waals surface area (Å²) < 4.78 is 0. The lowest BCUT2D eigenvalue weighted by Crippen LogP contribution is -2.17. The summed E-state index contributed by atoms with van der Waals surface area (Å²) in [6.45, 7) is 4.02. The van der Waals surface area contributed by atoms with E-state index < -0.39 is 0 Å². The molecule has 0 aliphatic rings. The molecule has 0 bridgehead atoms. The summed E-state index contributed by atoms with van der Waals surface area (Å²) in [5.41, 5.74) is 3.46. The minimum Gasteiger partial charge on any atom is -0.376 e. The lowest BCUT2D eigenvalue weighted by molar-refractivity contribution is 1.07. The molecule has 1 aromatic carbocycles. The zero-order chi connectivity index (χ0) is 10.0. The molecule has 1 rings (SSSR count). The second kappa shape index (κ2) is 3.69. The topological polar surface area (TPSA) is 6.48 Å². The van der Waals surface area contributed by atoms with Crippen LogP contribution in [0.5, 0.6) is 0 Å². The molecule has 0 unspecified atom stereocenters. The van der Waals surface area contributed by atoms with E-state index in [2.05, 4.69) is 22.8 Å². The van der Waals surface area contributed by atoms with Crippen molar-refractivity contribution in [2.75, 3.05) is 38.0 Å². The van der Waals surface area contributed by atoms with Crippen LogP contribution in [0.25, 0.3) is 0 Å². The molecule has 0 heterocycles. The fraction of sp³-hybridized carbons (Fsp3) is 0.364. The van der Waals surface area contributed by atoms with Gasteiger partial charge in [0.15, 0.2) is 0 Å². The van der Waals surface area contributed by atoms with Gasteiger partial charge in [-0.25, -0.2) is 0 Å². The normalized spacial score (nSPS) is 9.92. The Labute approximate surface area is 80.8 Å². The molecule has 71 valence electrons. The fourth-order valence-corrected chi connectivity index (χ4v) is 1.45. The molecule has 1 aromatic rings. The Morgan fingerprint density at radius 1 is 1.00 bits per heavy atom. The van der Waals surface area contributed by atoms with Crippen molar-refractivity contribution in [2.24, 2.45) is 0 Å². The number of nitrogens with zero attached hydrogens (tertiary/aromatic N) is 2. The highest BCUT2D eigenvalue weighted by Crippen LogP contribution is 2.29. The number of rotatable bonds is 2. The molecule has 0 aromatic heterocycles. The molecule has 2 nitrogen and oxygen atoms in total. The van der Waals surface area contributed by atoms with Crippen LogP contribution in [-0.4, -0.2) is 28.2 Å². The predicted molar refractivity (Wildman–Crippen MR) is 59.6 cm³/mol. The number of anilines is 2. The number of hydrogen-bond donors (Lipinski definition) is 0. The third kappa shape index (κ3) is 1.94. The van der Waals surface area contributed by atoms with Gasteiger partial charge in [0.25, 0.3) is 0 Å². The first-order chi connectivity index (χ1) is 6.04. The lowest BCUT2D eigenvalue weighted by atomic mass is 10.1. The summed E-state index contributed by atoms with van der Waals surface area (Å²) in [7, 11) is 8.16. The molecule has 0 saturated carbocycles. The van der Waals surface area contributed by atoms with E-state index in [1.54, 1.807) is 0 Å². The van der Waals surface area contributed by atoms with Crippen LogP contribution in [0.15, 0.2) is 18.2 Å². The maximum absolute atomic E-state index is 4.02. The number of benzene rings is 1. The quantitative estimate of drug-likeness (QED) is 0.681. The second-order valence-corrected chi connectivity index (χ2v) is 3.57. The Kier molecular flexibility index (Phi) is 2.81. The fourth-order valence-electron chi connectivity index (χ4n) is 1.45. The first kappa shape index (κ1) is 9.90. The summed E-state index contributed by atoms with van der Waals surface area (Å²) in [4.78, 5) is 4.20. The van der Waals surface area contributed by atoms with Crippen molar-refractivity contribution in [2.45, 2.75) is 0 Å². The van der Waals surface area contributed by atoms with E-state index in [1.165, 1.54) is 11.4 Å². The van der Waals surface area contributed by atoms with Crippen molar-refractivity contribution >= 4 is 11.4 Å². The van der Waals surface area contributed by atoms with Crippen LogP contribution >= 0.6 is 0 Å². The average Bonchev–Trinajstić information content (AvgIpc) is 2.02. The molecular weight excluding hydrogens is 160 g/mol. The first-order valence-corrected chi connectivity index (χ1v) is 4.33. The van der Waals surface area contributed by atoms with Crippen LogP contribution in [-0.2, 0) is 0 Å². The van der Waals surface area contributed by atoms with Gasteiger partial charge in [-0.15, -0.1) is 0 Å². The van der Waals surface area contributed by atoms with E-state index in [1.807, 2.05) is 40.3 Å². The van der Waals surface area contributed by atoms with Crippen molar-refractivity contribution in [3.63, 3.8) is 0 Å². The molecule has 0 spiro atoms. The summed E-state index contributed by atoms with van der Waals surface area (Å²) in [6.07, 6.45) is 0. The Balaban J connectivity index is 3.26. The summed E-state index contributed by atoms with van der Waals surface area (Å²) >= 11 is 0. The second-order valence-electron chi connectivity index (χ2n) is 3.57. The van der Waals surface area contributed by atoms with Crippen LogP contribution in [0.4, 0.5) is 11.4 Å². The van der Waals surface area contributed by atoms with Gasteiger partial charge in [-0.3, -0.25) is 0 Å². The molecule has 1 radical (unpaired) electrons. The van der Waals surface area contributed by atoms with Gasteiger partial charge < -0.3 is 9.80 Å². The van der Waals surface area contributed by atoms with E-state index in [4.69, 9.17) is 0 Å². The summed E-state index contributed by atoms with van der Waals surface area (Å²) in [6, 6.07) is 6.16. The maximum atomic E-state index is 4.02. The van der Waals surface area contributed by atoms with Gasteiger partial charge in [0.05, 0.1) is 11.4 Å². The number of hydrogen-bond acceptors (Lipinski definition) is 2. The molecule has 0 fully saturated rings. The minimum absolute atomic E-state index is 1.07. The lowest BCUT2D eigenvalue weighted by Gasteiger charge is -2.24. The first-order valence-electron chi connectivity index (χ1n) is 4.33. The van der Waals surface area contributed by atoms with E-state index in [-0.39, 0.29) is 0 Å². The van der Waals surface area contributed by atoms with Gasteiger partial charge in [0.2, 0.25) is 0 Å². The monoisotopic (exact) mass is 177 g/mol. The summed E-state index contributed by atoms with van der Waals surface area (Å²) in [5, 5.41) is 0. The van der Waals surface area contributed by atoms with Gasteiger partial charge in [-0.2, -0.15) is 0 Å². The van der Waals surface area contributed by atoms with Crippen LogP contribution in [0.3, 0.4) is 0 Å². The Morgan fingerprint density at radius 3 is 2.00 bits per heavy atom. The van der Waals surface area contributed by atoms with Gasteiger partial charge in [-0.05, 0) is 18.6 Å². The summed E-state index contributed by atoms with van der Waals surface area (Å²) in [5.74, 6) is 0. The van der Waals surface area contributed by atoms with Crippen molar-refractivity contribution in [3.8, 4) is 0 Å². The number of para-hydroxylation sites is 1. The molecule has 0 aliphatic carbocycles. The Morgan fingerprint density at radius 2 is 1.62 bits per heavy atom. The van der Waals surface area contributed by atoms with E-state index in [9.17, 15) is 0 Å². The third-order valence-electron chi connectivity index (χ3n) is 2.03. The molecule has 0 aliphatic heterocycles. The van der Waals surface area contributed by atoms with E-state index >= 15 is 0 Å². The molecule has 0 saturated heterocycles. The van der Waals surface area contributed by atoms with Gasteiger partial charge in [0, 0.05) is 28.2 Å². The highest BCUT2D eigenvalue weighted by Gasteiger charge is 2.08. The molecule has 0 atom stereocenters. The van der Waals surface area contributed by atoms with Crippen molar-refractivity contribution in [1.82, 2.24) is 0 Å². The molecule has 2 heteroatoms. The highest BCUT2D eigenvalue weighted by molar-refractivity contribution is 5.74. The van der Waals surface area contributed by atoms with E-state index in [0.29, 0.717) is 0 Å². The zero-order valence-corrected chi connectivity index (χ0v) is 8.83. The third-order valence-corrected chi connectivity index (χ3v) is 2.03. The average molecular weight is 177 g/mol. The maximum Gasteiger partial charge on any atom is 0.0631 e. The Hall–Kier alpha value is -1.18. The van der Waals surface area contributed by atoms with Crippen LogP contribution in [0.1, 0.15) is 5.56 Å². The highest BCUT2D eigenvalue weighted by atomic mass is 15.1. The SMILES string of the molecule is [CH2]c1cccc(N(C)C)c1N(C)C. The van der Waals surface area contributed by atoms with Gasteiger partial charge >= 0.3 is 0 Å². The predicted octanol–water partition coefficient (Wildman–Crippen LogP) is 2.00. The molecular formula is C11H17N2. The van der Waals surface area contributed by atoms with Gasteiger partial charge in [0.1, 0.15) is 0 Å². The molecule has 0 N–H and O–H groups in total. The Bertz CT molecular complexity index is 290. The van der Waals surface area contributed by atoms with E-state index in [0.717, 1.165) is 5.56 Å². The smallest absolute Gasteiger partial charge is 0.0631 e. The minimum atomic E-state index is 1.07. The van der Waals surface area contributed by atoms with Crippen molar-refractivity contribution in [3.05, 3.63) is 30.7 Å². The van der Waals surface area contributed by atoms with Crippen LogP contribution < -0.4 is 9.80 Å².